The van der Waals surface area contributed by atoms with Gasteiger partial charge in [-0.15, -0.1) is 0 Å². The molecule has 0 saturated carbocycles. The summed E-state index contributed by atoms with van der Waals surface area (Å²) >= 11 is 5.59. The Morgan fingerprint density at radius 1 is 1.33 bits per heavy atom. The van der Waals surface area contributed by atoms with E-state index in [1.54, 1.807) is 18.1 Å². The molecule has 0 atom stereocenters. The number of hydrogen-bond acceptors (Lipinski definition) is 4. The molecule has 18 heavy (non-hydrogen) atoms. The van der Waals surface area contributed by atoms with E-state index in [-0.39, 0.29) is 0 Å². The SMILES string of the molecule is COc1ccc2nc(N(C)C)c(C(=O)Cl)cc2c1. The van der Waals surface area contributed by atoms with E-state index < -0.39 is 5.24 Å². The zero-order valence-electron chi connectivity index (χ0n) is 10.4. The molecule has 0 aliphatic heterocycles. The minimum Gasteiger partial charge on any atom is -0.497 e. The largest absolute Gasteiger partial charge is 0.497 e. The number of ether oxygens (including phenoxy) is 1. The van der Waals surface area contributed by atoms with Gasteiger partial charge >= 0.3 is 0 Å². The average Bonchev–Trinajstić information content (AvgIpc) is 2.36. The van der Waals surface area contributed by atoms with Crippen molar-refractivity contribution < 1.29 is 9.53 Å². The highest BCUT2D eigenvalue weighted by molar-refractivity contribution is 6.68. The van der Waals surface area contributed by atoms with E-state index in [4.69, 9.17) is 16.3 Å². The molecule has 0 N–H and O–H groups in total. The molecule has 0 aliphatic carbocycles. The molecule has 5 heteroatoms. The highest BCUT2D eigenvalue weighted by Crippen LogP contribution is 2.26. The molecule has 0 amide bonds. The summed E-state index contributed by atoms with van der Waals surface area (Å²) in [4.78, 5) is 17.6. The summed E-state index contributed by atoms with van der Waals surface area (Å²) in [6.45, 7) is 0. The Bertz CT molecular complexity index is 611. The van der Waals surface area contributed by atoms with Crippen molar-refractivity contribution in [3.8, 4) is 5.75 Å². The fraction of sp³-hybridized carbons (Fsp3) is 0.231. The molecule has 1 aromatic carbocycles. The predicted molar refractivity (Wildman–Crippen MR) is 72.8 cm³/mol. The van der Waals surface area contributed by atoms with Crippen LogP contribution in [0.15, 0.2) is 24.3 Å². The van der Waals surface area contributed by atoms with Gasteiger partial charge in [0.2, 0.25) is 0 Å². The molecular weight excluding hydrogens is 252 g/mol. The first-order valence-corrected chi connectivity index (χ1v) is 5.76. The zero-order valence-corrected chi connectivity index (χ0v) is 11.2. The summed E-state index contributed by atoms with van der Waals surface area (Å²) in [5, 5.41) is 0.305. The summed E-state index contributed by atoms with van der Waals surface area (Å²) in [7, 11) is 5.23. The van der Waals surface area contributed by atoms with Crippen LogP contribution in [0, 0.1) is 0 Å². The molecule has 1 heterocycles. The number of hydrogen-bond donors (Lipinski definition) is 0. The number of rotatable bonds is 3. The van der Waals surface area contributed by atoms with E-state index in [0.717, 1.165) is 16.7 Å². The molecule has 0 bridgehead atoms. The second-order valence-corrected chi connectivity index (χ2v) is 4.43. The van der Waals surface area contributed by atoms with Gasteiger partial charge in [0, 0.05) is 19.5 Å². The van der Waals surface area contributed by atoms with Crippen molar-refractivity contribution in [2.24, 2.45) is 0 Å². The topological polar surface area (TPSA) is 42.4 Å². The van der Waals surface area contributed by atoms with Crippen LogP contribution in [-0.4, -0.2) is 31.4 Å². The Balaban J connectivity index is 2.72. The molecule has 0 spiro atoms. The van der Waals surface area contributed by atoms with E-state index in [1.807, 2.05) is 32.3 Å². The Morgan fingerprint density at radius 2 is 2.06 bits per heavy atom. The van der Waals surface area contributed by atoms with Crippen LogP contribution < -0.4 is 9.64 Å². The van der Waals surface area contributed by atoms with Gasteiger partial charge in [-0.25, -0.2) is 4.98 Å². The van der Waals surface area contributed by atoms with Crippen LogP contribution in [0.3, 0.4) is 0 Å². The Kier molecular flexibility index (Phi) is 3.39. The third-order valence-electron chi connectivity index (χ3n) is 2.64. The second-order valence-electron chi connectivity index (χ2n) is 4.09. The van der Waals surface area contributed by atoms with E-state index >= 15 is 0 Å². The minimum atomic E-state index is -0.518. The van der Waals surface area contributed by atoms with Gasteiger partial charge in [-0.1, -0.05) is 0 Å². The summed E-state index contributed by atoms with van der Waals surface area (Å²) in [6.07, 6.45) is 0. The number of carbonyl (C=O) groups excluding carboxylic acids is 1. The second kappa shape index (κ2) is 4.82. The van der Waals surface area contributed by atoms with Crippen molar-refractivity contribution in [3.05, 3.63) is 29.8 Å². The smallest absolute Gasteiger partial charge is 0.256 e. The van der Waals surface area contributed by atoms with Crippen LogP contribution in [0.4, 0.5) is 5.82 Å². The van der Waals surface area contributed by atoms with Crippen molar-refractivity contribution in [2.45, 2.75) is 0 Å². The maximum absolute atomic E-state index is 11.4. The number of pyridine rings is 1. The molecule has 2 aromatic rings. The normalized spacial score (nSPS) is 10.4. The number of anilines is 1. The van der Waals surface area contributed by atoms with Crippen LogP contribution in [0.25, 0.3) is 10.9 Å². The van der Waals surface area contributed by atoms with E-state index in [0.29, 0.717) is 11.4 Å². The number of fused-ring (bicyclic) bond motifs is 1. The summed E-state index contributed by atoms with van der Waals surface area (Å²) in [5.74, 6) is 1.28. The highest BCUT2D eigenvalue weighted by atomic mass is 35.5. The van der Waals surface area contributed by atoms with Gasteiger partial charge in [0.15, 0.2) is 0 Å². The first-order valence-electron chi connectivity index (χ1n) is 5.39. The van der Waals surface area contributed by atoms with E-state index in [1.165, 1.54) is 0 Å². The van der Waals surface area contributed by atoms with Crippen molar-refractivity contribution in [3.63, 3.8) is 0 Å². The number of methoxy groups -OCH3 is 1. The Morgan fingerprint density at radius 3 is 2.61 bits per heavy atom. The van der Waals surface area contributed by atoms with Gasteiger partial charge in [-0.3, -0.25) is 4.79 Å². The minimum absolute atomic E-state index is 0.391. The number of aromatic nitrogens is 1. The lowest BCUT2D eigenvalue weighted by atomic mass is 10.1. The van der Waals surface area contributed by atoms with Crippen LogP contribution in [0.2, 0.25) is 0 Å². The Hall–Kier alpha value is -1.81. The average molecular weight is 265 g/mol. The molecule has 0 radical (unpaired) electrons. The van der Waals surface area contributed by atoms with E-state index in [2.05, 4.69) is 4.98 Å². The third-order valence-corrected chi connectivity index (χ3v) is 2.84. The molecular formula is C13H13ClN2O2. The number of halogens is 1. The first-order chi connectivity index (χ1) is 8.52. The highest BCUT2D eigenvalue weighted by Gasteiger charge is 2.14. The lowest BCUT2D eigenvalue weighted by molar-refractivity contribution is 0.108. The summed E-state index contributed by atoms with van der Waals surface area (Å²) < 4.78 is 5.14. The predicted octanol–water partition coefficient (Wildman–Crippen LogP) is 2.69. The van der Waals surface area contributed by atoms with Crippen molar-refractivity contribution in [1.29, 1.82) is 0 Å². The first kappa shape index (κ1) is 12.6. The quantitative estimate of drug-likeness (QED) is 0.800. The molecule has 0 unspecified atom stereocenters. The van der Waals surface area contributed by atoms with Gasteiger partial charge in [0.25, 0.3) is 5.24 Å². The summed E-state index contributed by atoms with van der Waals surface area (Å²) in [6, 6.07) is 7.24. The standard InChI is InChI=1S/C13H13ClN2O2/c1-16(2)13-10(12(14)17)7-8-6-9(18-3)4-5-11(8)15-13/h4-7H,1-3H3. The van der Waals surface area contributed by atoms with Crippen molar-refractivity contribution in [2.75, 3.05) is 26.1 Å². The molecule has 2 rings (SSSR count). The van der Waals surface area contributed by atoms with E-state index in [9.17, 15) is 4.79 Å². The van der Waals surface area contributed by atoms with Gasteiger partial charge in [0.1, 0.15) is 11.6 Å². The maximum atomic E-state index is 11.4. The zero-order chi connectivity index (χ0) is 13.3. The molecule has 0 aliphatic rings. The van der Waals surface area contributed by atoms with Gasteiger partial charge in [-0.05, 0) is 35.9 Å². The van der Waals surface area contributed by atoms with Crippen LogP contribution in [0.1, 0.15) is 10.4 Å². The molecule has 1 aromatic heterocycles. The fourth-order valence-corrected chi connectivity index (χ4v) is 1.90. The fourth-order valence-electron chi connectivity index (χ4n) is 1.76. The lowest BCUT2D eigenvalue weighted by Gasteiger charge is -2.15. The number of benzene rings is 1. The van der Waals surface area contributed by atoms with Crippen LogP contribution in [-0.2, 0) is 0 Å². The maximum Gasteiger partial charge on any atom is 0.256 e. The molecule has 0 saturated heterocycles. The molecule has 0 fully saturated rings. The lowest BCUT2D eigenvalue weighted by Crippen LogP contribution is -2.14. The van der Waals surface area contributed by atoms with Gasteiger partial charge in [0.05, 0.1) is 18.2 Å². The van der Waals surface area contributed by atoms with Crippen LogP contribution in [0.5, 0.6) is 5.75 Å². The summed E-state index contributed by atoms with van der Waals surface area (Å²) in [5.41, 5.74) is 1.18. The monoisotopic (exact) mass is 264 g/mol. The van der Waals surface area contributed by atoms with Crippen molar-refractivity contribution in [1.82, 2.24) is 4.98 Å². The van der Waals surface area contributed by atoms with Crippen molar-refractivity contribution >= 4 is 33.6 Å². The van der Waals surface area contributed by atoms with Gasteiger partial charge < -0.3 is 9.64 Å². The number of nitrogens with zero attached hydrogens (tertiary/aromatic N) is 2. The number of carbonyl (C=O) groups is 1. The molecule has 94 valence electrons. The van der Waals surface area contributed by atoms with Gasteiger partial charge in [-0.2, -0.15) is 0 Å². The molecule has 4 nitrogen and oxygen atoms in total. The third kappa shape index (κ3) is 2.24. The van der Waals surface area contributed by atoms with Crippen LogP contribution >= 0.6 is 11.6 Å². The Labute approximate surface area is 110 Å².